The number of hydrogen-bond donors (Lipinski definition) is 1. The SMILES string of the molecule is CCc1ccc(C(C)NC(C)CCc2ccco2)cc1. The third-order valence-electron chi connectivity index (χ3n) is 3.83. The summed E-state index contributed by atoms with van der Waals surface area (Å²) in [5.74, 6) is 1.07. The third kappa shape index (κ3) is 4.24. The Hall–Kier alpha value is -1.54. The average Bonchev–Trinajstić information content (AvgIpc) is 2.98. The van der Waals surface area contributed by atoms with E-state index in [9.17, 15) is 0 Å². The number of nitrogens with one attached hydrogen (secondary N) is 1. The van der Waals surface area contributed by atoms with Gasteiger partial charge in [0.05, 0.1) is 6.26 Å². The Morgan fingerprint density at radius 2 is 1.85 bits per heavy atom. The van der Waals surface area contributed by atoms with Crippen molar-refractivity contribution >= 4 is 0 Å². The topological polar surface area (TPSA) is 25.2 Å². The Balaban J connectivity index is 1.81. The van der Waals surface area contributed by atoms with Crippen LogP contribution in [0, 0.1) is 0 Å². The lowest BCUT2D eigenvalue weighted by Gasteiger charge is -2.20. The van der Waals surface area contributed by atoms with Crippen molar-refractivity contribution in [1.29, 1.82) is 0 Å². The molecule has 0 fully saturated rings. The van der Waals surface area contributed by atoms with Gasteiger partial charge in [-0.2, -0.15) is 0 Å². The first-order valence-corrected chi connectivity index (χ1v) is 7.56. The second-order valence-electron chi connectivity index (χ2n) is 5.50. The lowest BCUT2D eigenvalue weighted by molar-refractivity contribution is 0.430. The van der Waals surface area contributed by atoms with Gasteiger partial charge in [0.1, 0.15) is 5.76 Å². The van der Waals surface area contributed by atoms with E-state index in [4.69, 9.17) is 4.42 Å². The van der Waals surface area contributed by atoms with Crippen LogP contribution in [0.1, 0.15) is 50.1 Å². The van der Waals surface area contributed by atoms with E-state index in [1.807, 2.05) is 12.1 Å². The van der Waals surface area contributed by atoms with E-state index in [2.05, 4.69) is 50.4 Å². The van der Waals surface area contributed by atoms with Crippen molar-refractivity contribution in [1.82, 2.24) is 5.32 Å². The van der Waals surface area contributed by atoms with Gasteiger partial charge in [0.15, 0.2) is 0 Å². The summed E-state index contributed by atoms with van der Waals surface area (Å²) in [6.07, 6.45) is 4.92. The maximum absolute atomic E-state index is 5.37. The van der Waals surface area contributed by atoms with E-state index in [1.165, 1.54) is 11.1 Å². The van der Waals surface area contributed by atoms with Crippen LogP contribution in [0.5, 0.6) is 0 Å². The lowest BCUT2D eigenvalue weighted by Crippen LogP contribution is -2.29. The molecule has 0 amide bonds. The van der Waals surface area contributed by atoms with Crippen LogP contribution in [-0.2, 0) is 12.8 Å². The number of aryl methyl sites for hydroxylation is 2. The second-order valence-corrected chi connectivity index (χ2v) is 5.50. The monoisotopic (exact) mass is 271 g/mol. The summed E-state index contributed by atoms with van der Waals surface area (Å²) in [4.78, 5) is 0. The summed E-state index contributed by atoms with van der Waals surface area (Å²) in [6, 6.07) is 13.8. The predicted octanol–water partition coefficient (Wildman–Crippen LogP) is 4.51. The van der Waals surface area contributed by atoms with E-state index in [-0.39, 0.29) is 0 Å². The molecule has 0 saturated heterocycles. The minimum absolute atomic E-state index is 0.382. The second kappa shape index (κ2) is 7.30. The summed E-state index contributed by atoms with van der Waals surface area (Å²) in [5, 5.41) is 3.65. The van der Waals surface area contributed by atoms with Crippen LogP contribution in [0.3, 0.4) is 0 Å². The largest absolute Gasteiger partial charge is 0.469 e. The normalized spacial score (nSPS) is 14.2. The molecule has 1 aromatic heterocycles. The van der Waals surface area contributed by atoms with E-state index in [0.717, 1.165) is 25.0 Å². The van der Waals surface area contributed by atoms with Gasteiger partial charge >= 0.3 is 0 Å². The maximum Gasteiger partial charge on any atom is 0.103 e. The van der Waals surface area contributed by atoms with Crippen molar-refractivity contribution in [3.63, 3.8) is 0 Å². The fourth-order valence-corrected chi connectivity index (χ4v) is 2.46. The van der Waals surface area contributed by atoms with Gasteiger partial charge in [0.25, 0.3) is 0 Å². The van der Waals surface area contributed by atoms with E-state index in [1.54, 1.807) is 6.26 Å². The molecule has 2 atom stereocenters. The zero-order valence-electron chi connectivity index (χ0n) is 12.7. The van der Waals surface area contributed by atoms with Gasteiger partial charge in [-0.25, -0.2) is 0 Å². The summed E-state index contributed by atoms with van der Waals surface area (Å²) in [6.45, 7) is 6.65. The van der Waals surface area contributed by atoms with Gasteiger partial charge in [-0.3, -0.25) is 0 Å². The molecule has 2 rings (SSSR count). The highest BCUT2D eigenvalue weighted by molar-refractivity contribution is 5.24. The Morgan fingerprint density at radius 3 is 2.45 bits per heavy atom. The molecule has 1 aromatic carbocycles. The molecule has 1 N–H and O–H groups in total. The van der Waals surface area contributed by atoms with Crippen molar-refractivity contribution in [2.24, 2.45) is 0 Å². The molecule has 2 unspecified atom stereocenters. The van der Waals surface area contributed by atoms with Crippen LogP contribution in [-0.4, -0.2) is 6.04 Å². The number of rotatable bonds is 7. The molecule has 2 heteroatoms. The van der Waals surface area contributed by atoms with Crippen molar-refractivity contribution in [2.75, 3.05) is 0 Å². The van der Waals surface area contributed by atoms with Crippen LogP contribution in [0.2, 0.25) is 0 Å². The smallest absolute Gasteiger partial charge is 0.103 e. The zero-order chi connectivity index (χ0) is 14.4. The van der Waals surface area contributed by atoms with E-state index in [0.29, 0.717) is 12.1 Å². The highest BCUT2D eigenvalue weighted by Crippen LogP contribution is 2.15. The van der Waals surface area contributed by atoms with Gasteiger partial charge in [0, 0.05) is 18.5 Å². The zero-order valence-corrected chi connectivity index (χ0v) is 12.7. The number of furan rings is 1. The van der Waals surface area contributed by atoms with Crippen LogP contribution in [0.4, 0.5) is 0 Å². The fraction of sp³-hybridized carbons (Fsp3) is 0.444. The maximum atomic E-state index is 5.37. The molecule has 1 heterocycles. The number of hydrogen-bond acceptors (Lipinski definition) is 2. The molecule has 108 valence electrons. The van der Waals surface area contributed by atoms with Crippen molar-refractivity contribution in [3.8, 4) is 0 Å². The van der Waals surface area contributed by atoms with Gasteiger partial charge < -0.3 is 9.73 Å². The first-order valence-electron chi connectivity index (χ1n) is 7.56. The average molecular weight is 271 g/mol. The summed E-state index contributed by atoms with van der Waals surface area (Å²) in [7, 11) is 0. The first kappa shape index (κ1) is 14.9. The van der Waals surface area contributed by atoms with Crippen molar-refractivity contribution in [2.45, 2.75) is 52.1 Å². The first-order chi connectivity index (χ1) is 9.69. The molecule has 0 aliphatic rings. The lowest BCUT2D eigenvalue weighted by atomic mass is 10.0. The predicted molar refractivity (Wildman–Crippen MR) is 83.9 cm³/mol. The van der Waals surface area contributed by atoms with Gasteiger partial charge in [-0.1, -0.05) is 31.2 Å². The Bertz CT molecular complexity index is 487. The van der Waals surface area contributed by atoms with Crippen LogP contribution in [0.25, 0.3) is 0 Å². The van der Waals surface area contributed by atoms with Gasteiger partial charge in [-0.05, 0) is 49.9 Å². The molecule has 2 aromatic rings. The van der Waals surface area contributed by atoms with Crippen LogP contribution in [0.15, 0.2) is 47.1 Å². The van der Waals surface area contributed by atoms with E-state index < -0.39 is 0 Å². The van der Waals surface area contributed by atoms with Crippen molar-refractivity contribution in [3.05, 3.63) is 59.5 Å². The summed E-state index contributed by atoms with van der Waals surface area (Å²) >= 11 is 0. The fourth-order valence-electron chi connectivity index (χ4n) is 2.46. The van der Waals surface area contributed by atoms with Crippen molar-refractivity contribution < 1.29 is 4.42 Å². The highest BCUT2D eigenvalue weighted by Gasteiger charge is 2.10. The van der Waals surface area contributed by atoms with E-state index >= 15 is 0 Å². The van der Waals surface area contributed by atoms with Gasteiger partial charge in [0.2, 0.25) is 0 Å². The Labute approximate surface area is 122 Å². The molecule has 0 radical (unpaired) electrons. The van der Waals surface area contributed by atoms with Crippen LogP contribution < -0.4 is 5.32 Å². The molecular weight excluding hydrogens is 246 g/mol. The van der Waals surface area contributed by atoms with Crippen LogP contribution >= 0.6 is 0 Å². The molecule has 2 nitrogen and oxygen atoms in total. The third-order valence-corrected chi connectivity index (χ3v) is 3.83. The molecular formula is C18H25NO. The molecule has 20 heavy (non-hydrogen) atoms. The number of benzene rings is 1. The minimum Gasteiger partial charge on any atom is -0.469 e. The van der Waals surface area contributed by atoms with Gasteiger partial charge in [-0.15, -0.1) is 0 Å². The summed E-state index contributed by atoms with van der Waals surface area (Å²) < 4.78 is 5.37. The molecule has 0 bridgehead atoms. The highest BCUT2D eigenvalue weighted by atomic mass is 16.3. The molecule has 0 aliphatic heterocycles. The molecule has 0 saturated carbocycles. The minimum atomic E-state index is 0.382. The standard InChI is InChI=1S/C18H25NO/c1-4-16-8-10-17(11-9-16)15(3)19-14(2)7-12-18-6-5-13-20-18/h5-6,8-11,13-15,19H,4,7,12H2,1-3H3. The Kier molecular flexibility index (Phi) is 5.42. The Morgan fingerprint density at radius 1 is 1.10 bits per heavy atom. The molecule has 0 aliphatic carbocycles. The quantitative estimate of drug-likeness (QED) is 0.801. The molecule has 0 spiro atoms. The summed E-state index contributed by atoms with van der Waals surface area (Å²) in [5.41, 5.74) is 2.75.